The summed E-state index contributed by atoms with van der Waals surface area (Å²) < 4.78 is 0. The summed E-state index contributed by atoms with van der Waals surface area (Å²) in [6, 6.07) is 0.993. The number of carbonyl (C=O) groups is 1. The van der Waals surface area contributed by atoms with Gasteiger partial charge in [-0.05, 0) is 31.4 Å². The molecule has 2 atom stereocenters. The predicted octanol–water partition coefficient (Wildman–Crippen LogP) is 2.31. The summed E-state index contributed by atoms with van der Waals surface area (Å²) in [6.07, 6.45) is 8.73. The molecule has 2 N–H and O–H groups in total. The second-order valence-electron chi connectivity index (χ2n) is 5.46. The molecule has 2 fully saturated rings. The lowest BCUT2D eigenvalue weighted by Crippen LogP contribution is -2.44. The Hall–Kier alpha value is -0.220. The zero-order chi connectivity index (χ0) is 12.8. The van der Waals surface area contributed by atoms with Crippen molar-refractivity contribution in [1.82, 2.24) is 10.6 Å². The SMILES string of the molecule is CCSC1CCCC1NCC(=O)NC1CCCC1. The molecule has 0 aliphatic heterocycles. The van der Waals surface area contributed by atoms with Gasteiger partial charge in [0.15, 0.2) is 0 Å². The van der Waals surface area contributed by atoms with Gasteiger partial charge in [-0.25, -0.2) is 0 Å². The van der Waals surface area contributed by atoms with Crippen LogP contribution >= 0.6 is 11.8 Å². The van der Waals surface area contributed by atoms with Crippen molar-refractivity contribution in [2.75, 3.05) is 12.3 Å². The van der Waals surface area contributed by atoms with Crippen molar-refractivity contribution in [2.24, 2.45) is 0 Å². The van der Waals surface area contributed by atoms with Crippen molar-refractivity contribution in [3.63, 3.8) is 0 Å². The lowest BCUT2D eigenvalue weighted by Gasteiger charge is -2.20. The maximum atomic E-state index is 11.8. The van der Waals surface area contributed by atoms with E-state index in [0.717, 1.165) is 0 Å². The van der Waals surface area contributed by atoms with Crippen molar-refractivity contribution in [2.45, 2.75) is 69.2 Å². The first kappa shape index (κ1) is 14.2. The smallest absolute Gasteiger partial charge is 0.234 e. The summed E-state index contributed by atoms with van der Waals surface area (Å²) in [5, 5.41) is 7.32. The fraction of sp³-hybridized carbons (Fsp3) is 0.929. The largest absolute Gasteiger partial charge is 0.352 e. The summed E-state index contributed by atoms with van der Waals surface area (Å²) >= 11 is 2.04. The molecule has 2 aliphatic rings. The fourth-order valence-electron chi connectivity index (χ4n) is 3.15. The van der Waals surface area contributed by atoms with Crippen molar-refractivity contribution in [1.29, 1.82) is 0 Å². The van der Waals surface area contributed by atoms with Gasteiger partial charge in [0.05, 0.1) is 6.54 Å². The zero-order valence-electron chi connectivity index (χ0n) is 11.4. The van der Waals surface area contributed by atoms with Crippen molar-refractivity contribution in [3.8, 4) is 0 Å². The molecular weight excluding hydrogens is 244 g/mol. The third-order valence-corrected chi connectivity index (χ3v) is 5.40. The molecule has 104 valence electrons. The Bertz CT molecular complexity index is 267. The average Bonchev–Trinajstić information content (AvgIpc) is 2.99. The molecule has 2 saturated carbocycles. The third-order valence-electron chi connectivity index (χ3n) is 4.08. The second-order valence-corrected chi connectivity index (χ2v) is 6.98. The van der Waals surface area contributed by atoms with Crippen molar-refractivity contribution in [3.05, 3.63) is 0 Å². The van der Waals surface area contributed by atoms with Crippen LogP contribution in [0.15, 0.2) is 0 Å². The predicted molar refractivity (Wildman–Crippen MR) is 78.0 cm³/mol. The Morgan fingerprint density at radius 3 is 2.67 bits per heavy atom. The quantitative estimate of drug-likeness (QED) is 0.778. The van der Waals surface area contributed by atoms with Crippen LogP contribution < -0.4 is 10.6 Å². The molecule has 0 aromatic heterocycles. The topological polar surface area (TPSA) is 41.1 Å². The van der Waals surface area contributed by atoms with Gasteiger partial charge in [0.2, 0.25) is 5.91 Å². The molecule has 2 unspecified atom stereocenters. The van der Waals surface area contributed by atoms with E-state index < -0.39 is 0 Å². The van der Waals surface area contributed by atoms with Crippen LogP contribution in [0.2, 0.25) is 0 Å². The monoisotopic (exact) mass is 270 g/mol. The molecule has 3 nitrogen and oxygen atoms in total. The third kappa shape index (κ3) is 4.16. The minimum absolute atomic E-state index is 0.189. The van der Waals surface area contributed by atoms with Crippen LogP contribution in [0, 0.1) is 0 Å². The van der Waals surface area contributed by atoms with Gasteiger partial charge < -0.3 is 10.6 Å². The average molecular weight is 270 g/mol. The molecule has 0 heterocycles. The highest BCUT2D eigenvalue weighted by Crippen LogP contribution is 2.29. The normalized spacial score (nSPS) is 28.7. The molecule has 0 saturated heterocycles. The Labute approximate surface area is 115 Å². The Balaban J connectivity index is 1.65. The standard InChI is InChI=1S/C14H26N2OS/c1-2-18-13-9-5-8-12(13)15-10-14(17)16-11-6-3-4-7-11/h11-13,15H,2-10H2,1H3,(H,16,17). The first-order valence-corrected chi connectivity index (χ1v) is 8.49. The van der Waals surface area contributed by atoms with E-state index in [2.05, 4.69) is 17.6 Å². The zero-order valence-corrected chi connectivity index (χ0v) is 12.2. The number of nitrogens with one attached hydrogen (secondary N) is 2. The minimum atomic E-state index is 0.189. The van der Waals surface area contributed by atoms with Gasteiger partial charge in [-0.2, -0.15) is 11.8 Å². The van der Waals surface area contributed by atoms with Gasteiger partial charge >= 0.3 is 0 Å². The van der Waals surface area contributed by atoms with E-state index in [0.29, 0.717) is 23.9 Å². The van der Waals surface area contributed by atoms with Crippen LogP contribution in [0.25, 0.3) is 0 Å². The molecule has 18 heavy (non-hydrogen) atoms. The van der Waals surface area contributed by atoms with E-state index in [9.17, 15) is 4.79 Å². The number of hydrogen-bond donors (Lipinski definition) is 2. The molecule has 4 heteroatoms. The number of thioether (sulfide) groups is 1. The number of carbonyl (C=O) groups excluding carboxylic acids is 1. The maximum absolute atomic E-state index is 11.8. The van der Waals surface area contributed by atoms with Crippen molar-refractivity contribution < 1.29 is 4.79 Å². The summed E-state index contributed by atoms with van der Waals surface area (Å²) in [5.74, 6) is 1.37. The first-order chi connectivity index (χ1) is 8.79. The second kappa shape index (κ2) is 7.39. The van der Waals surface area contributed by atoms with E-state index in [-0.39, 0.29) is 5.91 Å². The van der Waals surface area contributed by atoms with Gasteiger partial charge in [-0.1, -0.05) is 26.2 Å². The maximum Gasteiger partial charge on any atom is 0.234 e. The molecule has 2 aliphatic carbocycles. The highest BCUT2D eigenvalue weighted by molar-refractivity contribution is 7.99. The molecule has 0 radical (unpaired) electrons. The van der Waals surface area contributed by atoms with E-state index in [1.807, 2.05) is 11.8 Å². The number of amides is 1. The molecular formula is C14H26N2OS. The molecule has 0 aromatic rings. The van der Waals surface area contributed by atoms with Crippen LogP contribution in [-0.2, 0) is 4.79 Å². The summed E-state index contributed by atoms with van der Waals surface area (Å²) in [6.45, 7) is 2.72. The summed E-state index contributed by atoms with van der Waals surface area (Å²) in [7, 11) is 0. The van der Waals surface area contributed by atoms with Crippen LogP contribution in [-0.4, -0.2) is 35.5 Å². The first-order valence-electron chi connectivity index (χ1n) is 7.44. The number of rotatable bonds is 6. The number of hydrogen-bond acceptors (Lipinski definition) is 3. The Morgan fingerprint density at radius 1 is 1.17 bits per heavy atom. The van der Waals surface area contributed by atoms with Gasteiger partial charge in [-0.3, -0.25) is 4.79 Å². The van der Waals surface area contributed by atoms with E-state index in [1.54, 1.807) is 0 Å². The molecule has 0 bridgehead atoms. The van der Waals surface area contributed by atoms with Gasteiger partial charge in [0.1, 0.15) is 0 Å². The van der Waals surface area contributed by atoms with Crippen LogP contribution in [0.4, 0.5) is 0 Å². The van der Waals surface area contributed by atoms with E-state index >= 15 is 0 Å². The summed E-state index contributed by atoms with van der Waals surface area (Å²) in [4.78, 5) is 11.8. The van der Waals surface area contributed by atoms with Crippen molar-refractivity contribution >= 4 is 17.7 Å². The van der Waals surface area contributed by atoms with Gasteiger partial charge in [0, 0.05) is 17.3 Å². The Kier molecular flexibility index (Phi) is 5.83. The fourth-order valence-corrected chi connectivity index (χ4v) is 4.37. The highest BCUT2D eigenvalue weighted by atomic mass is 32.2. The molecule has 0 spiro atoms. The van der Waals surface area contributed by atoms with Crippen LogP contribution in [0.5, 0.6) is 0 Å². The van der Waals surface area contributed by atoms with E-state index in [4.69, 9.17) is 0 Å². The minimum Gasteiger partial charge on any atom is -0.352 e. The van der Waals surface area contributed by atoms with Gasteiger partial charge in [0.25, 0.3) is 0 Å². The lowest BCUT2D eigenvalue weighted by molar-refractivity contribution is -0.121. The molecule has 1 amide bonds. The van der Waals surface area contributed by atoms with E-state index in [1.165, 1.54) is 50.7 Å². The highest BCUT2D eigenvalue weighted by Gasteiger charge is 2.27. The Morgan fingerprint density at radius 2 is 1.94 bits per heavy atom. The lowest BCUT2D eigenvalue weighted by atomic mass is 10.2. The molecule has 0 aromatic carbocycles. The van der Waals surface area contributed by atoms with Gasteiger partial charge in [-0.15, -0.1) is 0 Å². The molecule has 2 rings (SSSR count). The van der Waals surface area contributed by atoms with Crippen LogP contribution in [0.3, 0.4) is 0 Å². The summed E-state index contributed by atoms with van der Waals surface area (Å²) in [5.41, 5.74) is 0. The van der Waals surface area contributed by atoms with Crippen LogP contribution in [0.1, 0.15) is 51.9 Å².